The van der Waals surface area contributed by atoms with Crippen molar-refractivity contribution in [2.24, 2.45) is 5.92 Å². The van der Waals surface area contributed by atoms with E-state index in [0.717, 1.165) is 57.2 Å². The molecule has 0 bridgehead atoms. The molecule has 3 saturated heterocycles. The Kier molecular flexibility index (Phi) is 6.84. The molecule has 3 aliphatic rings. The highest BCUT2D eigenvalue weighted by molar-refractivity contribution is 7.99. The van der Waals surface area contributed by atoms with Crippen LogP contribution in [0.2, 0.25) is 0 Å². The van der Waals surface area contributed by atoms with Crippen molar-refractivity contribution in [3.05, 3.63) is 0 Å². The maximum absolute atomic E-state index is 12.5. The first-order chi connectivity index (χ1) is 11.6. The number of morpholine rings is 1. The molecular weight excluding hydrogens is 322 g/mol. The highest BCUT2D eigenvalue weighted by Gasteiger charge is 2.28. The third kappa shape index (κ3) is 5.35. The normalized spacial score (nSPS) is 33.6. The molecule has 0 saturated carbocycles. The van der Waals surface area contributed by atoms with Crippen molar-refractivity contribution < 1.29 is 9.53 Å². The summed E-state index contributed by atoms with van der Waals surface area (Å²) in [5.41, 5.74) is 0. The molecule has 0 aliphatic carbocycles. The molecule has 3 aliphatic heterocycles. The quantitative estimate of drug-likeness (QED) is 0.827. The number of rotatable bonds is 4. The van der Waals surface area contributed by atoms with Crippen LogP contribution in [0.3, 0.4) is 0 Å². The van der Waals surface area contributed by atoms with Crippen LogP contribution >= 0.6 is 11.8 Å². The number of nitrogens with zero attached hydrogens (tertiary/aromatic N) is 2. The highest BCUT2D eigenvalue weighted by atomic mass is 32.2. The molecule has 3 heterocycles. The van der Waals surface area contributed by atoms with Gasteiger partial charge in [-0.25, -0.2) is 0 Å². The molecule has 0 aromatic rings. The lowest BCUT2D eigenvalue weighted by Gasteiger charge is -2.39. The van der Waals surface area contributed by atoms with Crippen molar-refractivity contribution in [1.82, 2.24) is 15.1 Å². The smallest absolute Gasteiger partial charge is 0.224 e. The van der Waals surface area contributed by atoms with E-state index in [2.05, 4.69) is 29.0 Å². The molecule has 3 rings (SSSR count). The fraction of sp³-hybridized carbons (Fsp3) is 0.944. The van der Waals surface area contributed by atoms with Crippen LogP contribution in [0.5, 0.6) is 0 Å². The maximum atomic E-state index is 12.5. The SMILES string of the molecule is CC1CN(CC2CCN(C(=O)CC3CSCCN3)CC2)CC(C)O1. The number of nitrogens with one attached hydrogen (secondary N) is 1. The molecular formula is C18H33N3O2S. The van der Waals surface area contributed by atoms with Gasteiger partial charge >= 0.3 is 0 Å². The van der Waals surface area contributed by atoms with E-state index in [1.54, 1.807) is 0 Å². The van der Waals surface area contributed by atoms with Crippen LogP contribution in [-0.4, -0.2) is 84.7 Å². The number of carbonyl (C=O) groups is 1. The maximum Gasteiger partial charge on any atom is 0.224 e. The van der Waals surface area contributed by atoms with Crippen molar-refractivity contribution >= 4 is 17.7 Å². The van der Waals surface area contributed by atoms with Gasteiger partial charge in [0.2, 0.25) is 5.91 Å². The first-order valence-electron chi connectivity index (χ1n) is 9.57. The van der Waals surface area contributed by atoms with Gasteiger partial charge in [-0.1, -0.05) is 0 Å². The Morgan fingerprint density at radius 2 is 1.92 bits per heavy atom. The van der Waals surface area contributed by atoms with Gasteiger partial charge in [-0.3, -0.25) is 9.69 Å². The summed E-state index contributed by atoms with van der Waals surface area (Å²) in [4.78, 5) is 17.2. The summed E-state index contributed by atoms with van der Waals surface area (Å²) in [5.74, 6) is 3.33. The predicted octanol–water partition coefficient (Wildman–Crippen LogP) is 1.43. The Labute approximate surface area is 150 Å². The second-order valence-corrected chi connectivity index (χ2v) is 8.88. The van der Waals surface area contributed by atoms with Gasteiger partial charge in [0.25, 0.3) is 0 Å². The minimum absolute atomic E-state index is 0.344. The van der Waals surface area contributed by atoms with Crippen LogP contribution in [0, 0.1) is 5.92 Å². The van der Waals surface area contributed by atoms with Crippen LogP contribution < -0.4 is 5.32 Å². The molecule has 5 nitrogen and oxygen atoms in total. The summed E-state index contributed by atoms with van der Waals surface area (Å²) < 4.78 is 5.82. The average Bonchev–Trinajstić information content (AvgIpc) is 2.55. The number of thioether (sulfide) groups is 1. The number of ether oxygens (including phenoxy) is 1. The zero-order valence-corrected chi connectivity index (χ0v) is 16.0. The zero-order valence-electron chi connectivity index (χ0n) is 15.2. The first-order valence-corrected chi connectivity index (χ1v) is 10.7. The molecule has 3 atom stereocenters. The Morgan fingerprint density at radius 1 is 1.21 bits per heavy atom. The van der Waals surface area contributed by atoms with E-state index in [1.807, 2.05) is 11.8 Å². The number of hydrogen-bond donors (Lipinski definition) is 1. The van der Waals surface area contributed by atoms with Crippen LogP contribution in [0.15, 0.2) is 0 Å². The Hall–Kier alpha value is -0.300. The Morgan fingerprint density at radius 3 is 2.54 bits per heavy atom. The second-order valence-electron chi connectivity index (χ2n) is 7.73. The van der Waals surface area contributed by atoms with Crippen LogP contribution in [-0.2, 0) is 9.53 Å². The average molecular weight is 356 g/mol. The second kappa shape index (κ2) is 8.88. The number of piperidine rings is 1. The monoisotopic (exact) mass is 355 g/mol. The minimum atomic E-state index is 0.344. The topological polar surface area (TPSA) is 44.8 Å². The molecule has 0 radical (unpaired) electrons. The summed E-state index contributed by atoms with van der Waals surface area (Å²) in [7, 11) is 0. The largest absolute Gasteiger partial charge is 0.373 e. The van der Waals surface area contributed by atoms with E-state index in [9.17, 15) is 4.79 Å². The van der Waals surface area contributed by atoms with Gasteiger partial charge in [-0.15, -0.1) is 0 Å². The molecule has 3 unspecified atom stereocenters. The van der Waals surface area contributed by atoms with Gasteiger partial charge in [0, 0.05) is 63.2 Å². The lowest BCUT2D eigenvalue weighted by atomic mass is 9.95. The van der Waals surface area contributed by atoms with E-state index in [0.29, 0.717) is 30.6 Å². The molecule has 1 amide bonds. The summed E-state index contributed by atoms with van der Waals surface area (Å²) in [6.07, 6.45) is 3.67. The Bertz CT molecular complexity index is 399. The Balaban J connectivity index is 1.38. The number of hydrogen-bond acceptors (Lipinski definition) is 5. The molecule has 0 aromatic carbocycles. The zero-order chi connectivity index (χ0) is 16.9. The summed E-state index contributed by atoms with van der Waals surface area (Å²) >= 11 is 1.96. The molecule has 3 fully saturated rings. The van der Waals surface area contributed by atoms with Gasteiger partial charge in [-0.05, 0) is 32.6 Å². The summed E-state index contributed by atoms with van der Waals surface area (Å²) in [6.45, 7) is 10.5. The van der Waals surface area contributed by atoms with Gasteiger partial charge in [-0.2, -0.15) is 11.8 Å². The van der Waals surface area contributed by atoms with Crippen molar-refractivity contribution in [2.75, 3.05) is 50.8 Å². The van der Waals surface area contributed by atoms with Crippen LogP contribution in [0.25, 0.3) is 0 Å². The molecule has 24 heavy (non-hydrogen) atoms. The van der Waals surface area contributed by atoms with E-state index >= 15 is 0 Å². The summed E-state index contributed by atoms with van der Waals surface area (Å²) in [6, 6.07) is 0.380. The molecule has 0 aromatic heterocycles. The predicted molar refractivity (Wildman–Crippen MR) is 99.5 cm³/mol. The molecule has 138 valence electrons. The van der Waals surface area contributed by atoms with Gasteiger partial charge in [0.05, 0.1) is 12.2 Å². The lowest BCUT2D eigenvalue weighted by Crippen LogP contribution is -2.49. The van der Waals surface area contributed by atoms with Crippen molar-refractivity contribution in [1.29, 1.82) is 0 Å². The van der Waals surface area contributed by atoms with Gasteiger partial charge < -0.3 is 15.0 Å². The molecule has 0 spiro atoms. The minimum Gasteiger partial charge on any atom is -0.373 e. The van der Waals surface area contributed by atoms with Gasteiger partial charge in [0.1, 0.15) is 0 Å². The molecule has 1 N–H and O–H groups in total. The fourth-order valence-electron chi connectivity index (χ4n) is 4.25. The fourth-order valence-corrected chi connectivity index (χ4v) is 5.20. The van der Waals surface area contributed by atoms with Gasteiger partial charge in [0.15, 0.2) is 0 Å². The van der Waals surface area contributed by atoms with Crippen molar-refractivity contribution in [3.8, 4) is 0 Å². The third-order valence-corrected chi connectivity index (χ3v) is 6.53. The molecule has 6 heteroatoms. The van der Waals surface area contributed by atoms with E-state index in [4.69, 9.17) is 4.74 Å². The van der Waals surface area contributed by atoms with Crippen molar-refractivity contribution in [2.45, 2.75) is 51.4 Å². The van der Waals surface area contributed by atoms with E-state index < -0.39 is 0 Å². The number of amides is 1. The lowest BCUT2D eigenvalue weighted by molar-refractivity contribution is -0.133. The van der Waals surface area contributed by atoms with E-state index in [1.165, 1.54) is 12.3 Å². The highest BCUT2D eigenvalue weighted by Crippen LogP contribution is 2.22. The first kappa shape index (κ1) is 18.5. The summed E-state index contributed by atoms with van der Waals surface area (Å²) in [5, 5.41) is 3.47. The third-order valence-electron chi connectivity index (χ3n) is 5.40. The van der Waals surface area contributed by atoms with Crippen LogP contribution in [0.1, 0.15) is 33.1 Å². The van der Waals surface area contributed by atoms with Crippen LogP contribution in [0.4, 0.5) is 0 Å². The number of likely N-dealkylation sites (tertiary alicyclic amines) is 1. The number of carbonyl (C=O) groups excluding carboxylic acids is 1. The van der Waals surface area contributed by atoms with E-state index in [-0.39, 0.29) is 0 Å². The van der Waals surface area contributed by atoms with Crippen molar-refractivity contribution in [3.63, 3.8) is 0 Å². The standard InChI is InChI=1S/C18H33N3O2S/c1-14-10-20(11-15(2)23-14)12-16-3-6-21(7-4-16)18(22)9-17-13-24-8-5-19-17/h14-17,19H,3-13H2,1-2H3.